The summed E-state index contributed by atoms with van der Waals surface area (Å²) >= 11 is 0. The summed E-state index contributed by atoms with van der Waals surface area (Å²) in [6, 6.07) is 24.8. The first kappa shape index (κ1) is 23.4. The molecule has 6 heteroatoms. The first-order valence-electron chi connectivity index (χ1n) is 11.7. The molecule has 0 aliphatic carbocycles. The highest BCUT2D eigenvalue weighted by Crippen LogP contribution is 2.30. The Labute approximate surface area is 208 Å². The number of carbonyl (C=O) groups excluding carboxylic acids is 1. The maximum absolute atomic E-state index is 13.8. The van der Waals surface area contributed by atoms with Crippen LogP contribution in [0.3, 0.4) is 0 Å². The minimum Gasteiger partial charge on any atom is -0.324 e. The lowest BCUT2D eigenvalue weighted by Crippen LogP contribution is -2.28. The molecule has 1 atom stereocenters. The van der Waals surface area contributed by atoms with Crippen molar-refractivity contribution in [3.05, 3.63) is 131 Å². The van der Waals surface area contributed by atoms with Gasteiger partial charge in [0, 0.05) is 12.1 Å². The van der Waals surface area contributed by atoms with Crippen LogP contribution < -0.4 is 5.32 Å². The lowest BCUT2D eigenvalue weighted by atomic mass is 10.0. The molecule has 4 nitrogen and oxygen atoms in total. The molecule has 0 bridgehead atoms. The molecule has 0 unspecified atom stereocenters. The second-order valence-corrected chi connectivity index (χ2v) is 8.94. The average molecular weight is 482 g/mol. The van der Waals surface area contributed by atoms with E-state index in [1.807, 2.05) is 60.9 Å². The number of nitrogens with zero attached hydrogens (tertiary/aromatic N) is 2. The van der Waals surface area contributed by atoms with Crippen molar-refractivity contribution in [2.24, 2.45) is 0 Å². The number of hydrogen-bond acceptors (Lipinski definition) is 2. The highest BCUT2D eigenvalue weighted by Gasteiger charge is 2.28. The van der Waals surface area contributed by atoms with E-state index in [0.29, 0.717) is 17.9 Å². The summed E-state index contributed by atoms with van der Waals surface area (Å²) in [5.74, 6) is -0.268. The van der Waals surface area contributed by atoms with Crippen LogP contribution in [0.2, 0.25) is 0 Å². The van der Waals surface area contributed by atoms with Gasteiger partial charge in [-0.25, -0.2) is 13.8 Å². The molecule has 0 radical (unpaired) electrons. The SMILES string of the molecule is Cc1cc2nc(Cc3ccc(F)cc3)n([C@@H](C(=O)Nc3ccc(F)cc3)c3ccccc3)c2cc1C. The van der Waals surface area contributed by atoms with Gasteiger partial charge in [-0.1, -0.05) is 42.5 Å². The maximum Gasteiger partial charge on any atom is 0.252 e. The molecule has 5 rings (SSSR count). The van der Waals surface area contributed by atoms with E-state index < -0.39 is 6.04 Å². The van der Waals surface area contributed by atoms with Gasteiger partial charge in [-0.15, -0.1) is 0 Å². The van der Waals surface area contributed by atoms with Gasteiger partial charge in [0.2, 0.25) is 0 Å². The third kappa shape index (κ3) is 4.75. The van der Waals surface area contributed by atoms with Crippen LogP contribution in [0, 0.1) is 25.5 Å². The van der Waals surface area contributed by atoms with Crippen molar-refractivity contribution in [2.75, 3.05) is 5.32 Å². The van der Waals surface area contributed by atoms with E-state index in [-0.39, 0.29) is 17.5 Å². The van der Waals surface area contributed by atoms with Crippen LogP contribution in [0.5, 0.6) is 0 Å². The summed E-state index contributed by atoms with van der Waals surface area (Å²) in [5.41, 5.74) is 5.97. The first-order chi connectivity index (χ1) is 17.4. The number of imidazole rings is 1. The summed E-state index contributed by atoms with van der Waals surface area (Å²) in [4.78, 5) is 18.8. The molecule has 1 aromatic heterocycles. The minimum atomic E-state index is -0.737. The third-order valence-electron chi connectivity index (χ3n) is 6.39. The zero-order chi connectivity index (χ0) is 25.2. The molecule has 0 aliphatic heterocycles. The van der Waals surface area contributed by atoms with Gasteiger partial charge in [0.25, 0.3) is 5.91 Å². The predicted molar refractivity (Wildman–Crippen MR) is 138 cm³/mol. The number of fused-ring (bicyclic) bond motifs is 1. The van der Waals surface area contributed by atoms with E-state index in [4.69, 9.17) is 4.98 Å². The van der Waals surface area contributed by atoms with E-state index >= 15 is 0 Å². The zero-order valence-electron chi connectivity index (χ0n) is 20.0. The normalized spacial score (nSPS) is 12.0. The van der Waals surface area contributed by atoms with E-state index in [9.17, 15) is 13.6 Å². The summed E-state index contributed by atoms with van der Waals surface area (Å²) in [6.07, 6.45) is 0.417. The number of aromatic nitrogens is 2. The molecule has 4 aromatic carbocycles. The fourth-order valence-electron chi connectivity index (χ4n) is 4.39. The van der Waals surface area contributed by atoms with Crippen LogP contribution in [-0.4, -0.2) is 15.5 Å². The number of hydrogen-bond donors (Lipinski definition) is 1. The number of amides is 1. The number of benzene rings is 4. The Balaban J connectivity index is 1.68. The highest BCUT2D eigenvalue weighted by atomic mass is 19.1. The molecule has 0 saturated carbocycles. The van der Waals surface area contributed by atoms with Crippen LogP contribution in [0.4, 0.5) is 14.5 Å². The smallest absolute Gasteiger partial charge is 0.252 e. The van der Waals surface area contributed by atoms with Crippen LogP contribution in [0.1, 0.15) is 34.1 Å². The molecule has 0 saturated heterocycles. The Kier molecular flexibility index (Phi) is 6.34. The molecular formula is C30H25F2N3O. The summed E-state index contributed by atoms with van der Waals surface area (Å²) in [7, 11) is 0. The van der Waals surface area contributed by atoms with Gasteiger partial charge in [0.15, 0.2) is 0 Å². The van der Waals surface area contributed by atoms with E-state index in [1.54, 1.807) is 12.1 Å². The summed E-state index contributed by atoms with van der Waals surface area (Å²) in [5, 5.41) is 2.94. The number of anilines is 1. The lowest BCUT2D eigenvalue weighted by molar-refractivity contribution is -0.118. The topological polar surface area (TPSA) is 46.9 Å². The van der Waals surface area contributed by atoms with Gasteiger partial charge >= 0.3 is 0 Å². The molecule has 36 heavy (non-hydrogen) atoms. The Bertz CT molecular complexity index is 1530. The molecule has 0 aliphatic rings. The Morgan fingerprint density at radius 3 is 2.14 bits per heavy atom. The Hall–Kier alpha value is -4.32. The fraction of sp³-hybridized carbons (Fsp3) is 0.133. The molecular weight excluding hydrogens is 456 g/mol. The minimum absolute atomic E-state index is 0.273. The number of nitrogens with one attached hydrogen (secondary N) is 1. The molecule has 1 N–H and O–H groups in total. The largest absolute Gasteiger partial charge is 0.324 e. The Morgan fingerprint density at radius 2 is 1.47 bits per heavy atom. The van der Waals surface area contributed by atoms with Gasteiger partial charge in [-0.3, -0.25) is 4.79 Å². The highest BCUT2D eigenvalue weighted by molar-refractivity contribution is 5.97. The second kappa shape index (κ2) is 9.74. The predicted octanol–water partition coefficient (Wildman–Crippen LogP) is 6.75. The van der Waals surface area contributed by atoms with E-state index in [2.05, 4.69) is 5.32 Å². The van der Waals surface area contributed by atoms with Crippen molar-refractivity contribution in [3.63, 3.8) is 0 Å². The number of rotatable bonds is 6. The standard InChI is InChI=1S/C30H25F2N3O/c1-19-16-26-27(17-20(19)2)35(28(34-26)18-21-8-10-23(31)11-9-21)29(22-6-4-3-5-7-22)30(36)33-25-14-12-24(32)13-15-25/h3-17,29H,18H2,1-2H3,(H,33,36)/t29-/m1/s1. The summed E-state index contributed by atoms with van der Waals surface area (Å²) in [6.45, 7) is 4.06. The van der Waals surface area contributed by atoms with Gasteiger partial charge in [0.1, 0.15) is 23.5 Å². The van der Waals surface area contributed by atoms with Gasteiger partial charge in [-0.05, 0) is 84.6 Å². The number of aryl methyl sites for hydroxylation is 2. The third-order valence-corrected chi connectivity index (χ3v) is 6.39. The van der Waals surface area contributed by atoms with Crippen LogP contribution >= 0.6 is 0 Å². The molecule has 0 spiro atoms. The molecule has 1 amide bonds. The summed E-state index contributed by atoms with van der Waals surface area (Å²) < 4.78 is 29.0. The number of halogens is 2. The van der Waals surface area contributed by atoms with Crippen molar-refractivity contribution in [1.29, 1.82) is 0 Å². The van der Waals surface area contributed by atoms with Crippen LogP contribution in [-0.2, 0) is 11.2 Å². The van der Waals surface area contributed by atoms with E-state index in [1.165, 1.54) is 36.4 Å². The van der Waals surface area contributed by atoms with Crippen molar-refractivity contribution in [3.8, 4) is 0 Å². The van der Waals surface area contributed by atoms with Crippen LogP contribution in [0.25, 0.3) is 11.0 Å². The zero-order valence-corrected chi connectivity index (χ0v) is 20.0. The first-order valence-corrected chi connectivity index (χ1v) is 11.7. The molecule has 180 valence electrons. The van der Waals surface area contributed by atoms with Gasteiger partial charge in [-0.2, -0.15) is 0 Å². The molecule has 0 fully saturated rings. The maximum atomic E-state index is 13.8. The molecule has 1 heterocycles. The fourth-order valence-corrected chi connectivity index (χ4v) is 4.39. The van der Waals surface area contributed by atoms with Crippen molar-refractivity contribution in [2.45, 2.75) is 26.3 Å². The van der Waals surface area contributed by atoms with Crippen molar-refractivity contribution < 1.29 is 13.6 Å². The average Bonchev–Trinajstić information content (AvgIpc) is 3.19. The van der Waals surface area contributed by atoms with Crippen molar-refractivity contribution in [1.82, 2.24) is 9.55 Å². The number of carbonyl (C=O) groups is 1. The quantitative estimate of drug-likeness (QED) is 0.292. The van der Waals surface area contributed by atoms with Crippen LogP contribution in [0.15, 0.2) is 91.0 Å². The lowest BCUT2D eigenvalue weighted by Gasteiger charge is -2.22. The van der Waals surface area contributed by atoms with E-state index in [0.717, 1.165) is 33.3 Å². The van der Waals surface area contributed by atoms with Gasteiger partial charge < -0.3 is 9.88 Å². The van der Waals surface area contributed by atoms with Crippen molar-refractivity contribution >= 4 is 22.6 Å². The van der Waals surface area contributed by atoms with Gasteiger partial charge in [0.05, 0.1) is 11.0 Å². The molecule has 5 aromatic rings. The Morgan fingerprint density at radius 1 is 0.861 bits per heavy atom. The second-order valence-electron chi connectivity index (χ2n) is 8.94. The monoisotopic (exact) mass is 481 g/mol.